The molecule has 0 spiro atoms. The van der Waals surface area contributed by atoms with E-state index < -0.39 is 12.1 Å². The van der Waals surface area contributed by atoms with Crippen molar-refractivity contribution in [3.05, 3.63) is 81.3 Å². The van der Waals surface area contributed by atoms with E-state index in [9.17, 15) is 18.8 Å². The van der Waals surface area contributed by atoms with Gasteiger partial charge in [-0.15, -0.1) is 0 Å². The summed E-state index contributed by atoms with van der Waals surface area (Å²) in [7, 11) is 4.63. The van der Waals surface area contributed by atoms with Crippen molar-refractivity contribution in [3.63, 3.8) is 0 Å². The van der Waals surface area contributed by atoms with E-state index in [2.05, 4.69) is 16.0 Å². The first-order chi connectivity index (χ1) is 21.2. The van der Waals surface area contributed by atoms with Crippen LogP contribution in [-0.4, -0.2) is 39.2 Å². The van der Waals surface area contributed by atoms with Crippen LogP contribution in [0.1, 0.15) is 62.3 Å². The number of aryl methyl sites for hydroxylation is 1. The van der Waals surface area contributed by atoms with Gasteiger partial charge in [0.25, 0.3) is 0 Å². The van der Waals surface area contributed by atoms with E-state index in [-0.39, 0.29) is 35.3 Å². The lowest BCUT2D eigenvalue weighted by Crippen LogP contribution is -2.40. The number of ether oxygens (including phenoxy) is 3. The standard InChI is InChI=1S/C34H40FN3O6/c1-6-7-11-28(34(41)36-19-21-9-8-10-23(35)16-21)38-27-15-13-24-25(18-29(27)40)26(37-20(2)39)14-12-22-17-30(42-3)32(43-4)33(44-5)31(22)24/h8-10,13,15-18,26,28H,6-7,11-12,14,19H2,1-5H3,(H,36,41)(H,37,39)(H,38,40)/t26-,28?/m0/s1. The Labute approximate surface area is 257 Å². The van der Waals surface area contributed by atoms with Crippen LogP contribution < -0.4 is 35.6 Å². The molecule has 0 radical (unpaired) electrons. The van der Waals surface area contributed by atoms with E-state index in [0.29, 0.717) is 53.2 Å². The van der Waals surface area contributed by atoms with E-state index >= 15 is 0 Å². The molecule has 9 nitrogen and oxygen atoms in total. The fraction of sp³-hybridized carbons (Fsp3) is 0.382. The topological polar surface area (TPSA) is 115 Å². The molecule has 1 aliphatic rings. The van der Waals surface area contributed by atoms with Crippen LogP contribution in [0, 0.1) is 5.82 Å². The van der Waals surface area contributed by atoms with Crippen molar-refractivity contribution in [2.24, 2.45) is 0 Å². The van der Waals surface area contributed by atoms with Crippen LogP contribution in [0.2, 0.25) is 0 Å². The minimum absolute atomic E-state index is 0.155. The molecule has 10 heteroatoms. The van der Waals surface area contributed by atoms with Crippen LogP contribution in [0.5, 0.6) is 17.2 Å². The van der Waals surface area contributed by atoms with Crippen molar-refractivity contribution in [1.82, 2.24) is 10.6 Å². The third-order valence-electron chi connectivity index (χ3n) is 7.76. The first kappa shape index (κ1) is 32.3. The minimum Gasteiger partial charge on any atom is -0.493 e. The van der Waals surface area contributed by atoms with E-state index in [1.807, 2.05) is 19.1 Å². The number of anilines is 1. The minimum atomic E-state index is -0.698. The molecule has 0 bridgehead atoms. The van der Waals surface area contributed by atoms with Crippen molar-refractivity contribution in [2.45, 2.75) is 64.6 Å². The molecule has 0 aromatic heterocycles. The first-order valence-electron chi connectivity index (χ1n) is 14.8. The molecule has 0 fully saturated rings. The zero-order valence-electron chi connectivity index (χ0n) is 25.8. The molecule has 2 amide bonds. The number of benzene rings is 2. The SMILES string of the molecule is CCCCC(Nc1ccc2c(cc1=O)[C@@H](NC(C)=O)CCc1cc(OC)c(OC)c(OC)c1-2)C(=O)NCc1cccc(F)c1. The summed E-state index contributed by atoms with van der Waals surface area (Å²) in [5, 5.41) is 9.04. The average molecular weight is 606 g/mol. The number of methoxy groups -OCH3 is 3. The zero-order chi connectivity index (χ0) is 31.8. The molecule has 234 valence electrons. The Morgan fingerprint density at radius 1 is 1.02 bits per heavy atom. The van der Waals surface area contributed by atoms with Crippen LogP contribution in [0.25, 0.3) is 11.1 Å². The Kier molecular flexibility index (Phi) is 10.8. The molecule has 0 heterocycles. The quantitative estimate of drug-likeness (QED) is 0.257. The molecule has 3 aromatic carbocycles. The lowest BCUT2D eigenvalue weighted by molar-refractivity contribution is -0.122. The molecule has 1 unspecified atom stereocenters. The van der Waals surface area contributed by atoms with Crippen molar-refractivity contribution in [3.8, 4) is 28.4 Å². The number of nitrogens with one attached hydrogen (secondary N) is 3. The lowest BCUT2D eigenvalue weighted by atomic mass is 9.95. The van der Waals surface area contributed by atoms with Crippen LogP contribution in [-0.2, 0) is 22.6 Å². The van der Waals surface area contributed by atoms with Crippen molar-refractivity contribution < 1.29 is 28.2 Å². The highest BCUT2D eigenvalue weighted by Gasteiger charge is 2.30. The number of hydrogen-bond donors (Lipinski definition) is 3. The molecule has 4 rings (SSSR count). The number of unbranched alkanes of at least 4 members (excludes halogenated alkanes) is 1. The Hall–Kier alpha value is -4.60. The number of rotatable bonds is 12. The number of halogens is 1. The molecule has 0 saturated heterocycles. The van der Waals surface area contributed by atoms with Crippen LogP contribution >= 0.6 is 0 Å². The Bertz CT molecular complexity index is 1580. The van der Waals surface area contributed by atoms with Crippen LogP contribution in [0.3, 0.4) is 0 Å². The predicted molar refractivity (Wildman–Crippen MR) is 168 cm³/mol. The van der Waals surface area contributed by atoms with E-state index in [0.717, 1.165) is 24.0 Å². The maximum atomic E-state index is 13.7. The van der Waals surface area contributed by atoms with Gasteiger partial charge in [0.1, 0.15) is 11.9 Å². The van der Waals surface area contributed by atoms with Gasteiger partial charge < -0.3 is 30.2 Å². The summed E-state index contributed by atoms with van der Waals surface area (Å²) in [4.78, 5) is 39.3. The summed E-state index contributed by atoms with van der Waals surface area (Å²) in [6, 6.07) is 11.8. The Balaban J connectivity index is 1.78. The van der Waals surface area contributed by atoms with Crippen LogP contribution in [0.15, 0.2) is 53.3 Å². The lowest BCUT2D eigenvalue weighted by Gasteiger charge is -2.19. The second-order valence-electron chi connectivity index (χ2n) is 10.8. The number of fused-ring (bicyclic) bond motifs is 3. The van der Waals surface area contributed by atoms with Gasteiger partial charge in [0.05, 0.1) is 33.1 Å². The monoisotopic (exact) mass is 605 g/mol. The van der Waals surface area contributed by atoms with E-state index in [1.54, 1.807) is 32.4 Å². The largest absolute Gasteiger partial charge is 0.493 e. The second-order valence-corrected chi connectivity index (χ2v) is 10.8. The molecule has 44 heavy (non-hydrogen) atoms. The van der Waals surface area contributed by atoms with E-state index in [4.69, 9.17) is 14.2 Å². The summed E-state index contributed by atoms with van der Waals surface area (Å²) in [5.41, 5.74) is 3.52. The highest BCUT2D eigenvalue weighted by molar-refractivity contribution is 5.86. The summed E-state index contributed by atoms with van der Waals surface area (Å²) < 4.78 is 30.7. The number of hydrogen-bond acceptors (Lipinski definition) is 7. The highest BCUT2D eigenvalue weighted by Crippen LogP contribution is 2.50. The maximum Gasteiger partial charge on any atom is 0.242 e. The number of carbonyl (C=O) groups excluding carboxylic acids is 2. The third-order valence-corrected chi connectivity index (χ3v) is 7.76. The van der Waals surface area contributed by atoms with E-state index in [1.165, 1.54) is 32.2 Å². The van der Waals surface area contributed by atoms with Crippen molar-refractivity contribution in [2.75, 3.05) is 26.6 Å². The fourth-order valence-electron chi connectivity index (χ4n) is 5.65. The van der Waals surface area contributed by atoms with Crippen molar-refractivity contribution in [1.29, 1.82) is 0 Å². The molecule has 0 aliphatic heterocycles. The number of amides is 2. The van der Waals surface area contributed by atoms with Gasteiger partial charge in [0, 0.05) is 19.0 Å². The van der Waals surface area contributed by atoms with Gasteiger partial charge in [-0.1, -0.05) is 38.0 Å². The normalized spacial score (nSPS) is 14.3. The molecule has 1 aliphatic carbocycles. The Morgan fingerprint density at radius 2 is 1.80 bits per heavy atom. The van der Waals surface area contributed by atoms with Gasteiger partial charge >= 0.3 is 0 Å². The molecular weight excluding hydrogens is 565 g/mol. The molecule has 2 atom stereocenters. The smallest absolute Gasteiger partial charge is 0.242 e. The van der Waals surface area contributed by atoms with Gasteiger partial charge in [-0.2, -0.15) is 0 Å². The second kappa shape index (κ2) is 14.7. The van der Waals surface area contributed by atoms with Gasteiger partial charge in [-0.25, -0.2) is 4.39 Å². The van der Waals surface area contributed by atoms with Gasteiger partial charge in [0.15, 0.2) is 11.5 Å². The van der Waals surface area contributed by atoms with Gasteiger partial charge in [-0.05, 0) is 71.8 Å². The van der Waals surface area contributed by atoms with Gasteiger partial charge in [-0.3, -0.25) is 14.4 Å². The molecule has 3 N–H and O–H groups in total. The van der Waals surface area contributed by atoms with Gasteiger partial charge in [0.2, 0.25) is 23.0 Å². The summed E-state index contributed by atoms with van der Waals surface area (Å²) >= 11 is 0. The third kappa shape index (κ3) is 7.30. The molecule has 3 aromatic rings. The summed E-state index contributed by atoms with van der Waals surface area (Å²) in [5.74, 6) is 0.488. The highest BCUT2D eigenvalue weighted by atomic mass is 19.1. The zero-order valence-corrected chi connectivity index (χ0v) is 25.8. The summed E-state index contributed by atoms with van der Waals surface area (Å²) in [6.45, 7) is 3.62. The fourth-order valence-corrected chi connectivity index (χ4v) is 5.65. The predicted octanol–water partition coefficient (Wildman–Crippen LogP) is 5.29. The van der Waals surface area contributed by atoms with Crippen molar-refractivity contribution >= 4 is 17.5 Å². The average Bonchev–Trinajstić information content (AvgIpc) is 3.25. The number of carbonyl (C=O) groups is 2. The molecular formula is C34H40FN3O6. The summed E-state index contributed by atoms with van der Waals surface area (Å²) in [6.07, 6.45) is 3.22. The first-order valence-corrected chi connectivity index (χ1v) is 14.8. The molecule has 0 saturated carbocycles. The Morgan fingerprint density at radius 3 is 2.45 bits per heavy atom. The van der Waals surface area contributed by atoms with Crippen LogP contribution in [0.4, 0.5) is 10.1 Å². The maximum absolute atomic E-state index is 13.7.